The molecule has 0 radical (unpaired) electrons. The maximum atomic E-state index is 11.0. The Morgan fingerprint density at radius 1 is 1.41 bits per heavy atom. The largest absolute Gasteiger partial charge is 0.465 e. The topological polar surface area (TPSA) is 91.3 Å². The highest BCUT2D eigenvalue weighted by Crippen LogP contribution is 2.17. The smallest absolute Gasteiger partial charge is 0.407 e. The average Bonchev–Trinajstić information content (AvgIpc) is 3.03. The Bertz CT molecular complexity index is 514. The standard InChI is InChI=1S/C14H18N4O2.C2H6/c15-17-13(11-5-2-1-3-6-11)10-16-9-12-7-4-8-18(12)14(19)20;1-2/h1-3,5-6,10,12H,4,7-9,15H2,(H,19,20);1-2H3/b16-10?,17-13+;/t12-;/m0./s1. The molecule has 120 valence electrons. The van der Waals surface area contributed by atoms with Gasteiger partial charge in [0, 0.05) is 18.3 Å². The van der Waals surface area contributed by atoms with Gasteiger partial charge in [0.15, 0.2) is 0 Å². The van der Waals surface area contributed by atoms with Crippen LogP contribution in [-0.4, -0.2) is 47.2 Å². The van der Waals surface area contributed by atoms with Crippen molar-refractivity contribution in [1.29, 1.82) is 0 Å². The number of hydrogen-bond donors (Lipinski definition) is 2. The number of hydrogen-bond acceptors (Lipinski definition) is 4. The molecule has 1 amide bonds. The third-order valence-electron chi connectivity index (χ3n) is 3.36. The molecule has 1 aromatic carbocycles. The molecule has 3 N–H and O–H groups in total. The van der Waals surface area contributed by atoms with E-state index in [2.05, 4.69) is 10.1 Å². The number of amides is 1. The van der Waals surface area contributed by atoms with Gasteiger partial charge in [0.05, 0.1) is 12.6 Å². The lowest BCUT2D eigenvalue weighted by Gasteiger charge is -2.19. The molecule has 0 aromatic heterocycles. The van der Waals surface area contributed by atoms with Gasteiger partial charge in [-0.05, 0) is 12.8 Å². The number of benzene rings is 1. The molecule has 1 aliphatic rings. The van der Waals surface area contributed by atoms with Crippen LogP contribution < -0.4 is 5.84 Å². The highest BCUT2D eigenvalue weighted by atomic mass is 16.4. The number of carboxylic acid groups (broad SMARTS) is 1. The predicted octanol–water partition coefficient (Wildman–Crippen LogP) is 2.59. The molecule has 1 aromatic rings. The van der Waals surface area contributed by atoms with Gasteiger partial charge in [-0.25, -0.2) is 4.79 Å². The predicted molar refractivity (Wildman–Crippen MR) is 89.6 cm³/mol. The van der Waals surface area contributed by atoms with E-state index in [0.29, 0.717) is 18.8 Å². The minimum atomic E-state index is -0.876. The van der Waals surface area contributed by atoms with Gasteiger partial charge in [-0.2, -0.15) is 5.10 Å². The second kappa shape index (κ2) is 9.55. The van der Waals surface area contributed by atoms with E-state index in [-0.39, 0.29) is 6.04 Å². The van der Waals surface area contributed by atoms with Crippen molar-refractivity contribution >= 4 is 18.0 Å². The lowest BCUT2D eigenvalue weighted by Crippen LogP contribution is -2.36. The zero-order valence-corrected chi connectivity index (χ0v) is 13.1. The Morgan fingerprint density at radius 3 is 2.68 bits per heavy atom. The molecule has 1 atom stereocenters. The van der Waals surface area contributed by atoms with E-state index in [1.807, 2.05) is 44.2 Å². The van der Waals surface area contributed by atoms with Crippen LogP contribution in [0.3, 0.4) is 0 Å². The van der Waals surface area contributed by atoms with Gasteiger partial charge in [-0.3, -0.25) is 4.99 Å². The summed E-state index contributed by atoms with van der Waals surface area (Å²) in [4.78, 5) is 16.8. The maximum absolute atomic E-state index is 11.0. The van der Waals surface area contributed by atoms with E-state index in [1.165, 1.54) is 4.90 Å². The van der Waals surface area contributed by atoms with Crippen LogP contribution in [0.4, 0.5) is 4.79 Å². The van der Waals surface area contributed by atoms with Crippen molar-refractivity contribution in [2.75, 3.05) is 13.1 Å². The van der Waals surface area contributed by atoms with Gasteiger partial charge >= 0.3 is 6.09 Å². The van der Waals surface area contributed by atoms with E-state index < -0.39 is 6.09 Å². The van der Waals surface area contributed by atoms with Crippen LogP contribution in [0.1, 0.15) is 32.3 Å². The second-order valence-electron chi connectivity index (χ2n) is 4.65. The van der Waals surface area contributed by atoms with Gasteiger partial charge in [0.1, 0.15) is 5.71 Å². The Kier molecular flexibility index (Phi) is 7.67. The van der Waals surface area contributed by atoms with Crippen LogP contribution in [0.5, 0.6) is 0 Å². The molecule has 2 rings (SSSR count). The van der Waals surface area contributed by atoms with E-state index in [9.17, 15) is 4.79 Å². The van der Waals surface area contributed by atoms with E-state index in [4.69, 9.17) is 10.9 Å². The third kappa shape index (κ3) is 4.87. The molecule has 1 saturated heterocycles. The summed E-state index contributed by atoms with van der Waals surface area (Å²) in [5.74, 6) is 5.37. The van der Waals surface area contributed by atoms with E-state index >= 15 is 0 Å². The first-order valence-corrected chi connectivity index (χ1v) is 7.55. The van der Waals surface area contributed by atoms with Gasteiger partial charge in [0.25, 0.3) is 0 Å². The van der Waals surface area contributed by atoms with Crippen LogP contribution in [0.15, 0.2) is 40.4 Å². The number of rotatable bonds is 4. The summed E-state index contributed by atoms with van der Waals surface area (Å²) in [5.41, 5.74) is 1.48. The number of carbonyl (C=O) groups is 1. The molecule has 1 fully saturated rings. The zero-order chi connectivity index (χ0) is 16.4. The van der Waals surface area contributed by atoms with Crippen LogP contribution >= 0.6 is 0 Å². The summed E-state index contributed by atoms with van der Waals surface area (Å²) >= 11 is 0. The number of nitrogens with zero attached hydrogens (tertiary/aromatic N) is 3. The Morgan fingerprint density at radius 2 is 2.09 bits per heavy atom. The lowest BCUT2D eigenvalue weighted by molar-refractivity contribution is 0.141. The van der Waals surface area contributed by atoms with Crippen molar-refractivity contribution < 1.29 is 9.90 Å². The van der Waals surface area contributed by atoms with Crippen LogP contribution in [0.25, 0.3) is 0 Å². The molecule has 0 bridgehead atoms. The molecule has 0 unspecified atom stereocenters. The van der Waals surface area contributed by atoms with Crippen LogP contribution in [0.2, 0.25) is 0 Å². The van der Waals surface area contributed by atoms with Crippen molar-refractivity contribution in [3.8, 4) is 0 Å². The fourth-order valence-electron chi connectivity index (χ4n) is 2.33. The van der Waals surface area contributed by atoms with Gasteiger partial charge in [-0.1, -0.05) is 44.2 Å². The van der Waals surface area contributed by atoms with Crippen LogP contribution in [0, 0.1) is 0 Å². The van der Waals surface area contributed by atoms with Crippen molar-refractivity contribution in [3.63, 3.8) is 0 Å². The second-order valence-corrected chi connectivity index (χ2v) is 4.65. The van der Waals surface area contributed by atoms with E-state index in [0.717, 1.165) is 18.4 Å². The van der Waals surface area contributed by atoms with E-state index in [1.54, 1.807) is 6.21 Å². The first-order chi connectivity index (χ1) is 10.7. The van der Waals surface area contributed by atoms with Crippen molar-refractivity contribution in [2.45, 2.75) is 32.7 Å². The minimum Gasteiger partial charge on any atom is -0.465 e. The first-order valence-electron chi connectivity index (χ1n) is 7.55. The van der Waals surface area contributed by atoms with Gasteiger partial charge in [-0.15, -0.1) is 0 Å². The van der Waals surface area contributed by atoms with Crippen molar-refractivity contribution in [1.82, 2.24) is 4.90 Å². The fourth-order valence-corrected chi connectivity index (χ4v) is 2.33. The normalized spacial score (nSPS) is 18.2. The summed E-state index contributed by atoms with van der Waals surface area (Å²) in [7, 11) is 0. The molecule has 22 heavy (non-hydrogen) atoms. The highest BCUT2D eigenvalue weighted by Gasteiger charge is 2.27. The Balaban J connectivity index is 0.00000116. The molecule has 1 aliphatic heterocycles. The molecule has 0 spiro atoms. The molecule has 6 nitrogen and oxygen atoms in total. The molecular formula is C16H24N4O2. The molecule has 1 heterocycles. The molecule has 0 saturated carbocycles. The lowest BCUT2D eigenvalue weighted by atomic mass is 10.1. The summed E-state index contributed by atoms with van der Waals surface area (Å²) in [6.45, 7) is 5.03. The summed E-state index contributed by atoms with van der Waals surface area (Å²) in [6, 6.07) is 9.47. The zero-order valence-electron chi connectivity index (χ0n) is 13.1. The van der Waals surface area contributed by atoms with Crippen LogP contribution in [-0.2, 0) is 0 Å². The number of hydrazone groups is 1. The average molecular weight is 304 g/mol. The summed E-state index contributed by atoms with van der Waals surface area (Å²) in [5, 5.41) is 12.8. The van der Waals surface area contributed by atoms with Gasteiger partial charge < -0.3 is 15.8 Å². The molecule has 6 heteroatoms. The quantitative estimate of drug-likeness (QED) is 0.509. The molecule has 0 aliphatic carbocycles. The monoisotopic (exact) mass is 304 g/mol. The third-order valence-corrected chi connectivity index (χ3v) is 3.36. The first kappa shape index (κ1) is 17.7. The Labute approximate surface area is 131 Å². The number of nitrogens with two attached hydrogens (primary N) is 1. The van der Waals surface area contributed by atoms with Gasteiger partial charge in [0.2, 0.25) is 0 Å². The van der Waals surface area contributed by atoms with Crippen molar-refractivity contribution in [3.05, 3.63) is 35.9 Å². The summed E-state index contributed by atoms with van der Waals surface area (Å²) in [6.07, 6.45) is 2.47. The summed E-state index contributed by atoms with van der Waals surface area (Å²) < 4.78 is 0. The highest BCUT2D eigenvalue weighted by molar-refractivity contribution is 6.38. The fraction of sp³-hybridized carbons (Fsp3) is 0.438. The van der Waals surface area contributed by atoms with Crippen molar-refractivity contribution in [2.24, 2.45) is 15.9 Å². The number of likely N-dealkylation sites (tertiary alicyclic amines) is 1. The number of aliphatic imine (C=N–C) groups is 1. The molecular weight excluding hydrogens is 280 g/mol. The Hall–Kier alpha value is -2.37. The SMILES string of the molecule is CC.N/N=C(\C=NC[C@@H]1CCCN1C(=O)O)c1ccccc1. The minimum absolute atomic E-state index is 0.0430. The maximum Gasteiger partial charge on any atom is 0.407 e.